The van der Waals surface area contributed by atoms with Gasteiger partial charge in [-0.3, -0.25) is 0 Å². The third kappa shape index (κ3) is 7.03. The van der Waals surface area contributed by atoms with Gasteiger partial charge in [0.05, 0.1) is 0 Å². The lowest BCUT2D eigenvalue weighted by Gasteiger charge is -2.28. The van der Waals surface area contributed by atoms with E-state index in [1.54, 1.807) is 24.3 Å². The van der Waals surface area contributed by atoms with Crippen molar-refractivity contribution in [2.75, 3.05) is 32.5 Å². The maximum Gasteiger partial charge on any atom is 0.119 e. The lowest BCUT2D eigenvalue weighted by atomic mass is 9.96. The minimum absolute atomic E-state index is 0.228. The van der Waals surface area contributed by atoms with Gasteiger partial charge in [-0.2, -0.15) is 0 Å². The Bertz CT molecular complexity index is 371. The molecule has 0 bridgehead atoms. The summed E-state index contributed by atoms with van der Waals surface area (Å²) in [5.41, 5.74) is 6.53. The molecule has 0 spiro atoms. The van der Waals surface area contributed by atoms with E-state index in [9.17, 15) is 5.11 Å². The van der Waals surface area contributed by atoms with Crippen molar-refractivity contribution >= 4 is 5.69 Å². The Hall–Kier alpha value is -1.26. The number of nitrogens with two attached hydrogens (primary N) is 1. The van der Waals surface area contributed by atoms with Gasteiger partial charge in [0, 0.05) is 18.8 Å². The Balaban J connectivity index is 2.31. The van der Waals surface area contributed by atoms with Crippen molar-refractivity contribution in [3.8, 4) is 5.75 Å². The van der Waals surface area contributed by atoms with Gasteiger partial charge in [-0.15, -0.1) is 0 Å². The maximum absolute atomic E-state index is 9.94. The SMILES string of the molecule is CN(CC(O)COc1ccc(N)cc1)CC(C)(C)C. The third-order valence-electron chi connectivity index (χ3n) is 2.59. The Morgan fingerprint density at radius 1 is 1.26 bits per heavy atom. The first-order valence-electron chi connectivity index (χ1n) is 6.61. The van der Waals surface area contributed by atoms with E-state index >= 15 is 0 Å². The highest BCUT2D eigenvalue weighted by Crippen LogP contribution is 2.15. The van der Waals surface area contributed by atoms with Crippen LogP contribution in [0.2, 0.25) is 0 Å². The second-order valence-corrected chi connectivity index (χ2v) is 6.29. The van der Waals surface area contributed by atoms with E-state index < -0.39 is 6.10 Å². The van der Waals surface area contributed by atoms with Gasteiger partial charge < -0.3 is 20.5 Å². The van der Waals surface area contributed by atoms with Crippen LogP contribution in [0.25, 0.3) is 0 Å². The smallest absolute Gasteiger partial charge is 0.119 e. The number of nitrogens with zero attached hydrogens (tertiary/aromatic N) is 1. The van der Waals surface area contributed by atoms with Crippen molar-refractivity contribution in [1.82, 2.24) is 4.90 Å². The van der Waals surface area contributed by atoms with Gasteiger partial charge in [0.2, 0.25) is 0 Å². The van der Waals surface area contributed by atoms with Crippen LogP contribution >= 0.6 is 0 Å². The summed E-state index contributed by atoms with van der Waals surface area (Å²) in [6.07, 6.45) is -0.495. The number of hydrogen-bond donors (Lipinski definition) is 2. The first-order valence-corrected chi connectivity index (χ1v) is 6.61. The minimum atomic E-state index is -0.495. The predicted molar refractivity (Wildman–Crippen MR) is 79.3 cm³/mol. The molecule has 0 saturated heterocycles. The van der Waals surface area contributed by atoms with Crippen molar-refractivity contribution in [3.63, 3.8) is 0 Å². The van der Waals surface area contributed by atoms with Crippen LogP contribution in [0.5, 0.6) is 5.75 Å². The summed E-state index contributed by atoms with van der Waals surface area (Å²) in [6.45, 7) is 8.37. The minimum Gasteiger partial charge on any atom is -0.491 e. The van der Waals surface area contributed by atoms with Crippen molar-refractivity contribution in [2.45, 2.75) is 26.9 Å². The Morgan fingerprint density at radius 3 is 2.37 bits per heavy atom. The second-order valence-electron chi connectivity index (χ2n) is 6.29. The molecule has 0 saturated carbocycles. The Morgan fingerprint density at radius 2 is 1.84 bits per heavy atom. The van der Waals surface area contributed by atoms with Gasteiger partial charge in [0.15, 0.2) is 0 Å². The number of hydrogen-bond acceptors (Lipinski definition) is 4. The molecule has 19 heavy (non-hydrogen) atoms. The predicted octanol–water partition coefficient (Wildman–Crippen LogP) is 1.99. The summed E-state index contributed by atoms with van der Waals surface area (Å²) < 4.78 is 5.52. The molecule has 4 heteroatoms. The van der Waals surface area contributed by atoms with Crippen LogP contribution < -0.4 is 10.5 Å². The van der Waals surface area contributed by atoms with E-state index in [2.05, 4.69) is 25.7 Å². The van der Waals surface area contributed by atoms with E-state index in [4.69, 9.17) is 10.5 Å². The van der Waals surface area contributed by atoms with Gasteiger partial charge in [0.25, 0.3) is 0 Å². The largest absolute Gasteiger partial charge is 0.491 e. The van der Waals surface area contributed by atoms with Gasteiger partial charge in [-0.05, 0) is 36.7 Å². The molecule has 0 heterocycles. The van der Waals surface area contributed by atoms with Crippen LogP contribution in [-0.2, 0) is 0 Å². The molecule has 1 rings (SSSR count). The van der Waals surface area contributed by atoms with Gasteiger partial charge in [-0.1, -0.05) is 20.8 Å². The van der Waals surface area contributed by atoms with Crippen molar-refractivity contribution in [2.24, 2.45) is 5.41 Å². The van der Waals surface area contributed by atoms with E-state index in [0.29, 0.717) is 18.8 Å². The summed E-state index contributed by atoms with van der Waals surface area (Å²) in [5.74, 6) is 0.728. The van der Waals surface area contributed by atoms with Crippen LogP contribution in [-0.4, -0.2) is 42.9 Å². The Kier molecular flexibility index (Phi) is 5.63. The summed E-state index contributed by atoms with van der Waals surface area (Å²) in [4.78, 5) is 2.12. The highest BCUT2D eigenvalue weighted by atomic mass is 16.5. The first kappa shape index (κ1) is 15.8. The molecule has 3 N–H and O–H groups in total. The topological polar surface area (TPSA) is 58.7 Å². The average Bonchev–Trinajstić information content (AvgIpc) is 2.25. The van der Waals surface area contributed by atoms with Crippen LogP contribution in [0.1, 0.15) is 20.8 Å². The number of anilines is 1. The number of ether oxygens (including phenoxy) is 1. The molecule has 1 aromatic rings. The first-order chi connectivity index (χ1) is 8.76. The average molecular weight is 266 g/mol. The van der Waals surface area contributed by atoms with Gasteiger partial charge in [-0.25, -0.2) is 0 Å². The lowest BCUT2D eigenvalue weighted by Crippen LogP contribution is -2.37. The second kappa shape index (κ2) is 6.78. The van der Waals surface area contributed by atoms with Crippen LogP contribution in [0.4, 0.5) is 5.69 Å². The summed E-state index contributed by atoms with van der Waals surface area (Å²) in [7, 11) is 2.01. The monoisotopic (exact) mass is 266 g/mol. The molecule has 0 fully saturated rings. The van der Waals surface area contributed by atoms with Crippen LogP contribution in [0, 0.1) is 5.41 Å². The quantitative estimate of drug-likeness (QED) is 0.773. The number of benzene rings is 1. The summed E-state index contributed by atoms with van der Waals surface area (Å²) in [6, 6.07) is 7.18. The number of rotatable bonds is 6. The highest BCUT2D eigenvalue weighted by molar-refractivity contribution is 5.41. The Labute approximate surface area is 116 Å². The van der Waals surface area contributed by atoms with Gasteiger partial charge in [0.1, 0.15) is 18.5 Å². The maximum atomic E-state index is 9.94. The fourth-order valence-corrected chi connectivity index (χ4v) is 2.04. The molecule has 4 nitrogen and oxygen atoms in total. The number of likely N-dealkylation sites (N-methyl/N-ethyl adjacent to an activating group) is 1. The highest BCUT2D eigenvalue weighted by Gasteiger charge is 2.16. The number of nitrogen functional groups attached to an aromatic ring is 1. The molecule has 0 aliphatic rings. The number of aliphatic hydroxyl groups is 1. The molecular formula is C15H26N2O2. The van der Waals surface area contributed by atoms with Gasteiger partial charge >= 0.3 is 0 Å². The summed E-state index contributed by atoms with van der Waals surface area (Å²) >= 11 is 0. The number of aliphatic hydroxyl groups excluding tert-OH is 1. The van der Waals surface area contributed by atoms with E-state index in [0.717, 1.165) is 12.3 Å². The molecule has 1 atom stereocenters. The molecule has 0 aliphatic heterocycles. The molecule has 0 radical (unpaired) electrons. The molecule has 108 valence electrons. The lowest BCUT2D eigenvalue weighted by molar-refractivity contribution is 0.0667. The summed E-state index contributed by atoms with van der Waals surface area (Å²) in [5, 5.41) is 9.94. The van der Waals surface area contributed by atoms with Crippen LogP contribution in [0.3, 0.4) is 0 Å². The third-order valence-corrected chi connectivity index (χ3v) is 2.59. The fraction of sp³-hybridized carbons (Fsp3) is 0.600. The van der Waals surface area contributed by atoms with Crippen LogP contribution in [0.15, 0.2) is 24.3 Å². The van der Waals surface area contributed by atoms with E-state index in [-0.39, 0.29) is 5.41 Å². The van der Waals surface area contributed by atoms with E-state index in [1.807, 2.05) is 7.05 Å². The zero-order valence-electron chi connectivity index (χ0n) is 12.4. The van der Waals surface area contributed by atoms with Crippen molar-refractivity contribution in [1.29, 1.82) is 0 Å². The standard InChI is InChI=1S/C15H26N2O2/c1-15(2,3)11-17(4)9-13(18)10-19-14-7-5-12(16)6-8-14/h5-8,13,18H,9-11,16H2,1-4H3. The molecule has 0 aliphatic carbocycles. The zero-order chi connectivity index (χ0) is 14.5. The fourth-order valence-electron chi connectivity index (χ4n) is 2.04. The molecule has 0 aromatic heterocycles. The molecule has 0 amide bonds. The van der Waals surface area contributed by atoms with Crippen molar-refractivity contribution < 1.29 is 9.84 Å². The normalized spacial score (nSPS) is 13.6. The molecule has 1 aromatic carbocycles. The molecule has 1 unspecified atom stereocenters. The van der Waals surface area contributed by atoms with Crippen molar-refractivity contribution in [3.05, 3.63) is 24.3 Å². The zero-order valence-corrected chi connectivity index (χ0v) is 12.4. The van der Waals surface area contributed by atoms with E-state index in [1.165, 1.54) is 0 Å². The molecular weight excluding hydrogens is 240 g/mol.